The average molecular weight is 390 g/mol. The molecule has 0 unspecified atom stereocenters. The summed E-state index contributed by atoms with van der Waals surface area (Å²) in [4.78, 5) is 27.4. The van der Waals surface area contributed by atoms with Crippen molar-refractivity contribution in [2.75, 3.05) is 13.1 Å². The van der Waals surface area contributed by atoms with Gasteiger partial charge in [-0.2, -0.15) is 0 Å². The van der Waals surface area contributed by atoms with Crippen LogP contribution in [0.15, 0.2) is 24.3 Å². The number of benzene rings is 1. The Hall–Kier alpha value is -1.98. The van der Waals surface area contributed by atoms with E-state index in [0.717, 1.165) is 36.8 Å². The first kappa shape index (κ1) is 19.3. The van der Waals surface area contributed by atoms with Crippen LogP contribution in [0.25, 0.3) is 0 Å². The predicted molar refractivity (Wildman–Crippen MR) is 102 cm³/mol. The minimum absolute atomic E-state index is 0.0808. The molecule has 0 radical (unpaired) electrons. The molecule has 4 nitrogen and oxygen atoms in total. The second-order valence-electron chi connectivity index (χ2n) is 8.90. The van der Waals surface area contributed by atoms with Gasteiger partial charge < -0.3 is 10.2 Å². The Bertz CT molecular complexity index is 764. The van der Waals surface area contributed by atoms with Gasteiger partial charge in [0.25, 0.3) is 5.92 Å². The summed E-state index contributed by atoms with van der Waals surface area (Å²) in [6, 6.07) is 6.94. The Morgan fingerprint density at radius 1 is 1.14 bits per heavy atom. The molecular weight excluding hydrogens is 362 g/mol. The highest BCUT2D eigenvalue weighted by atomic mass is 19.3. The molecule has 28 heavy (non-hydrogen) atoms. The number of aryl methyl sites for hydroxylation is 1. The molecule has 6 heteroatoms. The van der Waals surface area contributed by atoms with E-state index in [1.54, 1.807) is 0 Å². The van der Waals surface area contributed by atoms with Crippen LogP contribution in [-0.2, 0) is 16.0 Å². The van der Waals surface area contributed by atoms with Gasteiger partial charge in [-0.1, -0.05) is 36.2 Å². The summed E-state index contributed by atoms with van der Waals surface area (Å²) in [5.74, 6) is -3.19. The summed E-state index contributed by atoms with van der Waals surface area (Å²) in [5, 5.41) is 2.60. The van der Waals surface area contributed by atoms with Crippen molar-refractivity contribution in [3.8, 4) is 0 Å². The van der Waals surface area contributed by atoms with E-state index < -0.39 is 12.0 Å². The van der Waals surface area contributed by atoms with Crippen LogP contribution in [0.4, 0.5) is 8.78 Å². The van der Waals surface area contributed by atoms with E-state index in [2.05, 4.69) is 5.32 Å². The van der Waals surface area contributed by atoms with Crippen molar-refractivity contribution in [2.45, 2.75) is 63.8 Å². The van der Waals surface area contributed by atoms with Crippen LogP contribution in [0.5, 0.6) is 0 Å². The van der Waals surface area contributed by atoms with Crippen molar-refractivity contribution in [1.29, 1.82) is 0 Å². The van der Waals surface area contributed by atoms with Crippen LogP contribution in [-0.4, -0.2) is 41.8 Å². The molecule has 152 valence electrons. The smallest absolute Gasteiger partial charge is 0.267 e. The van der Waals surface area contributed by atoms with Crippen LogP contribution in [0.2, 0.25) is 0 Å². The number of hydrogen-bond acceptors (Lipinski definition) is 2. The van der Waals surface area contributed by atoms with Crippen LogP contribution >= 0.6 is 0 Å². The van der Waals surface area contributed by atoms with Gasteiger partial charge in [0, 0.05) is 30.8 Å². The van der Waals surface area contributed by atoms with Gasteiger partial charge in [0.2, 0.25) is 11.8 Å². The van der Waals surface area contributed by atoms with Crippen LogP contribution in [0, 0.1) is 18.3 Å². The van der Waals surface area contributed by atoms with E-state index in [4.69, 9.17) is 0 Å². The predicted octanol–water partition coefficient (Wildman–Crippen LogP) is 3.47. The Morgan fingerprint density at radius 3 is 2.54 bits per heavy atom. The number of likely N-dealkylation sites (tertiary alicyclic amines) is 1. The van der Waals surface area contributed by atoms with Crippen LogP contribution in [0.3, 0.4) is 0 Å². The Morgan fingerprint density at radius 2 is 1.89 bits per heavy atom. The number of carbonyl (C=O) groups excluding carboxylic acids is 2. The minimum Gasteiger partial charge on any atom is -0.347 e. The van der Waals surface area contributed by atoms with E-state index in [1.807, 2.05) is 36.1 Å². The Labute approximate surface area is 164 Å². The Balaban J connectivity index is 1.38. The lowest BCUT2D eigenvalue weighted by Crippen LogP contribution is -2.57. The van der Waals surface area contributed by atoms with E-state index in [-0.39, 0.29) is 29.6 Å². The summed E-state index contributed by atoms with van der Waals surface area (Å²) in [6.45, 7) is 3.23. The van der Waals surface area contributed by atoms with Gasteiger partial charge in [-0.3, -0.25) is 9.59 Å². The second-order valence-corrected chi connectivity index (χ2v) is 8.90. The number of rotatable bonds is 4. The minimum atomic E-state index is -2.77. The van der Waals surface area contributed by atoms with Crippen molar-refractivity contribution in [3.63, 3.8) is 0 Å². The maximum Gasteiger partial charge on any atom is 0.267 e. The highest BCUT2D eigenvalue weighted by molar-refractivity contribution is 5.82. The van der Waals surface area contributed by atoms with E-state index >= 15 is 0 Å². The van der Waals surface area contributed by atoms with Gasteiger partial charge in [0.1, 0.15) is 0 Å². The Kier molecular flexibility index (Phi) is 4.92. The summed E-state index contributed by atoms with van der Waals surface area (Å²) >= 11 is 0. The lowest BCUT2D eigenvalue weighted by molar-refractivity contribution is -0.142. The molecular formula is C22H28F2N2O2. The molecule has 4 rings (SSSR count). The molecule has 3 fully saturated rings. The molecule has 0 bridgehead atoms. The number of alkyl halides is 2. The first-order chi connectivity index (χ1) is 13.3. The number of carbonyl (C=O) groups is 2. The first-order valence-electron chi connectivity index (χ1n) is 10.3. The second kappa shape index (κ2) is 7.12. The quantitative estimate of drug-likeness (QED) is 0.856. The molecule has 0 aromatic heterocycles. The van der Waals surface area contributed by atoms with Crippen molar-refractivity contribution >= 4 is 11.8 Å². The zero-order valence-corrected chi connectivity index (χ0v) is 16.3. The van der Waals surface area contributed by atoms with E-state index in [0.29, 0.717) is 25.9 Å². The molecule has 3 atom stereocenters. The van der Waals surface area contributed by atoms with Crippen molar-refractivity contribution in [1.82, 2.24) is 10.2 Å². The molecule has 2 aliphatic carbocycles. The molecule has 2 amide bonds. The summed E-state index contributed by atoms with van der Waals surface area (Å²) in [6.07, 6.45) is 3.88. The number of halogens is 2. The van der Waals surface area contributed by atoms with Crippen LogP contribution < -0.4 is 5.32 Å². The van der Waals surface area contributed by atoms with Gasteiger partial charge in [0.05, 0.1) is 12.5 Å². The van der Waals surface area contributed by atoms with Gasteiger partial charge in [-0.15, -0.1) is 0 Å². The fourth-order valence-electron chi connectivity index (χ4n) is 5.09. The van der Waals surface area contributed by atoms with Gasteiger partial charge in [-0.25, -0.2) is 8.78 Å². The van der Waals surface area contributed by atoms with Gasteiger partial charge >= 0.3 is 0 Å². The van der Waals surface area contributed by atoms with Gasteiger partial charge in [-0.05, 0) is 38.2 Å². The third-order valence-electron chi connectivity index (χ3n) is 7.03. The maximum absolute atomic E-state index is 13.6. The highest BCUT2D eigenvalue weighted by Crippen LogP contribution is 2.50. The fourth-order valence-corrected chi connectivity index (χ4v) is 5.09. The highest BCUT2D eigenvalue weighted by Gasteiger charge is 2.54. The first-order valence-corrected chi connectivity index (χ1v) is 10.3. The number of nitrogens with one attached hydrogen (secondary N) is 1. The summed E-state index contributed by atoms with van der Waals surface area (Å²) in [5.41, 5.74) is 1.91. The number of hydrogen-bond donors (Lipinski definition) is 1. The third-order valence-corrected chi connectivity index (χ3v) is 7.03. The monoisotopic (exact) mass is 390 g/mol. The molecule has 2 saturated carbocycles. The van der Waals surface area contributed by atoms with E-state index in [1.165, 1.54) is 0 Å². The SMILES string of the molecule is Cc1ccc(CC(=O)N2CC[C@]3(CCC[C@@H]3C(=O)N[C@@H]3CCC3(F)F)C2)cc1. The standard InChI is InChI=1S/C22H28F2N2O2/c1-15-4-6-16(7-5-15)13-19(27)26-12-11-21(14-26)9-2-3-17(21)20(28)25-18-8-10-22(18,23)24/h4-7,17-18H,2-3,8-14H2,1H3,(H,25,28)/t17-,18-,21-/m1/s1. The van der Waals surface area contributed by atoms with Gasteiger partial charge in [0.15, 0.2) is 0 Å². The normalized spacial score (nSPS) is 31.0. The zero-order valence-electron chi connectivity index (χ0n) is 16.3. The molecule has 3 aliphatic rings. The lowest BCUT2D eigenvalue weighted by Gasteiger charge is -2.39. The van der Waals surface area contributed by atoms with E-state index in [9.17, 15) is 18.4 Å². The molecule has 1 spiro atoms. The molecule has 1 aromatic rings. The molecule has 1 N–H and O–H groups in total. The number of amides is 2. The fraction of sp³-hybridized carbons (Fsp3) is 0.636. The summed E-state index contributed by atoms with van der Waals surface area (Å²) < 4.78 is 27.1. The third kappa shape index (κ3) is 3.53. The average Bonchev–Trinajstić information content (AvgIpc) is 3.28. The molecule has 1 aliphatic heterocycles. The molecule has 1 heterocycles. The molecule has 1 saturated heterocycles. The van der Waals surface area contributed by atoms with Crippen molar-refractivity contribution < 1.29 is 18.4 Å². The topological polar surface area (TPSA) is 49.4 Å². The van der Waals surface area contributed by atoms with Crippen LogP contribution in [0.1, 0.15) is 49.7 Å². The molecule has 1 aromatic carbocycles. The maximum atomic E-state index is 13.6. The lowest BCUT2D eigenvalue weighted by atomic mass is 9.76. The largest absolute Gasteiger partial charge is 0.347 e. The van der Waals surface area contributed by atoms with Crippen molar-refractivity contribution in [2.24, 2.45) is 11.3 Å². The number of nitrogens with zero attached hydrogens (tertiary/aromatic N) is 1. The zero-order chi connectivity index (χ0) is 19.9. The van der Waals surface area contributed by atoms with Crippen molar-refractivity contribution in [3.05, 3.63) is 35.4 Å². The summed E-state index contributed by atoms with van der Waals surface area (Å²) in [7, 11) is 0.